The second kappa shape index (κ2) is 5.39. The summed E-state index contributed by atoms with van der Waals surface area (Å²) in [5.41, 5.74) is 0.572. The van der Waals surface area contributed by atoms with Crippen molar-refractivity contribution in [3.63, 3.8) is 0 Å². The molecule has 3 rings (SSSR count). The first-order valence-electron chi connectivity index (χ1n) is 7.07. The smallest absolute Gasteiger partial charge is 0.231 e. The van der Waals surface area contributed by atoms with Crippen LogP contribution in [0.4, 0.5) is 0 Å². The molecule has 1 aliphatic carbocycles. The van der Waals surface area contributed by atoms with Crippen molar-refractivity contribution >= 4 is 0 Å². The molecule has 0 unspecified atom stereocenters. The second-order valence-corrected chi connectivity index (χ2v) is 5.54. The van der Waals surface area contributed by atoms with Gasteiger partial charge in [0.2, 0.25) is 6.79 Å². The maximum absolute atomic E-state index is 10.4. The van der Waals surface area contributed by atoms with E-state index in [-0.39, 0.29) is 0 Å². The highest BCUT2D eigenvalue weighted by molar-refractivity contribution is 5.48. The molecule has 0 spiro atoms. The van der Waals surface area contributed by atoms with Crippen LogP contribution in [0.5, 0.6) is 11.5 Å². The minimum atomic E-state index is -0.520. The molecule has 0 atom stereocenters. The van der Waals surface area contributed by atoms with Crippen molar-refractivity contribution in [2.75, 3.05) is 13.3 Å². The predicted molar refractivity (Wildman–Crippen MR) is 72.3 cm³/mol. The summed E-state index contributed by atoms with van der Waals surface area (Å²) in [6, 6.07) is 5.92. The van der Waals surface area contributed by atoms with Gasteiger partial charge in [-0.1, -0.05) is 31.4 Å². The molecule has 1 fully saturated rings. The van der Waals surface area contributed by atoms with Gasteiger partial charge in [0.15, 0.2) is 11.5 Å². The monoisotopic (exact) mass is 263 g/mol. The van der Waals surface area contributed by atoms with E-state index in [9.17, 15) is 5.11 Å². The van der Waals surface area contributed by atoms with Crippen molar-refractivity contribution in [1.82, 2.24) is 5.32 Å². The van der Waals surface area contributed by atoms with Gasteiger partial charge in [-0.15, -0.1) is 0 Å². The maximum atomic E-state index is 10.4. The lowest BCUT2D eigenvalue weighted by Gasteiger charge is -2.32. The van der Waals surface area contributed by atoms with Gasteiger partial charge in [-0.05, 0) is 18.9 Å². The van der Waals surface area contributed by atoms with E-state index in [2.05, 4.69) is 5.32 Å². The van der Waals surface area contributed by atoms with Gasteiger partial charge in [0.05, 0.1) is 5.60 Å². The molecule has 19 heavy (non-hydrogen) atoms. The lowest BCUT2D eigenvalue weighted by atomic mass is 9.85. The molecule has 1 aromatic carbocycles. The molecule has 1 aromatic rings. The number of nitrogens with one attached hydrogen (secondary N) is 1. The van der Waals surface area contributed by atoms with E-state index in [0.717, 1.165) is 42.7 Å². The molecule has 0 amide bonds. The Morgan fingerprint density at radius 1 is 1.16 bits per heavy atom. The molecule has 4 nitrogen and oxygen atoms in total. The van der Waals surface area contributed by atoms with Crippen molar-refractivity contribution in [3.05, 3.63) is 23.8 Å². The van der Waals surface area contributed by atoms with Gasteiger partial charge in [-0.2, -0.15) is 0 Å². The molecule has 0 radical (unpaired) electrons. The van der Waals surface area contributed by atoms with Gasteiger partial charge in [0.1, 0.15) is 0 Å². The fourth-order valence-electron chi connectivity index (χ4n) is 2.95. The van der Waals surface area contributed by atoms with Crippen LogP contribution in [0.15, 0.2) is 18.2 Å². The van der Waals surface area contributed by atoms with Crippen LogP contribution < -0.4 is 14.8 Å². The zero-order valence-corrected chi connectivity index (χ0v) is 11.2. The standard InChI is InChI=1S/C15H21NO3/c17-15(7-2-1-3-8-15)10-16-9-12-5-4-6-13-14(12)19-11-18-13/h4-6,16-17H,1-3,7-11H2. The highest BCUT2D eigenvalue weighted by Crippen LogP contribution is 2.35. The van der Waals surface area contributed by atoms with Crippen LogP contribution in [0.25, 0.3) is 0 Å². The SMILES string of the molecule is OC1(CNCc2cccc3c2OCO3)CCCCC1. The number of benzene rings is 1. The van der Waals surface area contributed by atoms with E-state index < -0.39 is 5.60 Å². The Balaban J connectivity index is 1.56. The Morgan fingerprint density at radius 2 is 2.00 bits per heavy atom. The summed E-state index contributed by atoms with van der Waals surface area (Å²) in [6.45, 7) is 1.66. The minimum absolute atomic E-state index is 0.302. The normalized spacial score (nSPS) is 20.5. The highest BCUT2D eigenvalue weighted by atomic mass is 16.7. The quantitative estimate of drug-likeness (QED) is 0.874. The Kier molecular flexibility index (Phi) is 3.62. The highest BCUT2D eigenvalue weighted by Gasteiger charge is 2.28. The molecule has 2 N–H and O–H groups in total. The average Bonchev–Trinajstić information content (AvgIpc) is 2.88. The Labute approximate surface area is 113 Å². The van der Waals surface area contributed by atoms with Crippen LogP contribution in [-0.4, -0.2) is 24.0 Å². The number of para-hydroxylation sites is 1. The van der Waals surface area contributed by atoms with Gasteiger partial charge in [-0.25, -0.2) is 0 Å². The summed E-state index contributed by atoms with van der Waals surface area (Å²) in [4.78, 5) is 0. The summed E-state index contributed by atoms with van der Waals surface area (Å²) in [5.74, 6) is 1.65. The van der Waals surface area contributed by atoms with Crippen LogP contribution in [0.1, 0.15) is 37.7 Å². The number of hydrogen-bond acceptors (Lipinski definition) is 4. The molecule has 0 bridgehead atoms. The molecule has 104 valence electrons. The lowest BCUT2D eigenvalue weighted by Crippen LogP contribution is -2.41. The molecular weight excluding hydrogens is 242 g/mol. The van der Waals surface area contributed by atoms with Crippen LogP contribution in [0.2, 0.25) is 0 Å². The molecule has 0 aromatic heterocycles. The van der Waals surface area contributed by atoms with E-state index in [1.165, 1.54) is 6.42 Å². The van der Waals surface area contributed by atoms with Crippen LogP contribution in [-0.2, 0) is 6.54 Å². The van der Waals surface area contributed by atoms with E-state index in [0.29, 0.717) is 19.9 Å². The molecule has 1 saturated carbocycles. The largest absolute Gasteiger partial charge is 0.454 e. The Bertz CT molecular complexity index is 441. The first kappa shape index (κ1) is 12.8. The number of ether oxygens (including phenoxy) is 2. The number of aliphatic hydroxyl groups is 1. The number of fused-ring (bicyclic) bond motifs is 1. The van der Waals surface area contributed by atoms with Gasteiger partial charge >= 0.3 is 0 Å². The lowest BCUT2D eigenvalue weighted by molar-refractivity contribution is 0.00463. The van der Waals surface area contributed by atoms with Gasteiger partial charge in [-0.3, -0.25) is 0 Å². The van der Waals surface area contributed by atoms with Crippen molar-refractivity contribution in [3.8, 4) is 11.5 Å². The van der Waals surface area contributed by atoms with Crippen molar-refractivity contribution < 1.29 is 14.6 Å². The van der Waals surface area contributed by atoms with Crippen molar-refractivity contribution in [1.29, 1.82) is 0 Å². The fourth-order valence-corrected chi connectivity index (χ4v) is 2.95. The van der Waals surface area contributed by atoms with Crippen LogP contribution in [0.3, 0.4) is 0 Å². The minimum Gasteiger partial charge on any atom is -0.454 e. The van der Waals surface area contributed by atoms with Crippen LogP contribution in [0, 0.1) is 0 Å². The van der Waals surface area contributed by atoms with E-state index >= 15 is 0 Å². The van der Waals surface area contributed by atoms with E-state index in [4.69, 9.17) is 9.47 Å². The summed E-state index contributed by atoms with van der Waals surface area (Å²) < 4.78 is 10.8. The summed E-state index contributed by atoms with van der Waals surface area (Å²) in [6.07, 6.45) is 5.34. The topological polar surface area (TPSA) is 50.7 Å². The zero-order chi connectivity index (χ0) is 13.1. The Morgan fingerprint density at radius 3 is 2.84 bits per heavy atom. The second-order valence-electron chi connectivity index (χ2n) is 5.54. The fraction of sp³-hybridized carbons (Fsp3) is 0.600. The average molecular weight is 263 g/mol. The maximum Gasteiger partial charge on any atom is 0.231 e. The van der Waals surface area contributed by atoms with Crippen molar-refractivity contribution in [2.24, 2.45) is 0 Å². The molecule has 0 saturated heterocycles. The van der Waals surface area contributed by atoms with Gasteiger partial charge in [0.25, 0.3) is 0 Å². The van der Waals surface area contributed by atoms with E-state index in [1.54, 1.807) is 0 Å². The third kappa shape index (κ3) is 2.85. The first-order valence-corrected chi connectivity index (χ1v) is 7.07. The molecule has 1 aliphatic heterocycles. The Hall–Kier alpha value is -1.26. The number of hydrogen-bond donors (Lipinski definition) is 2. The molecule has 1 heterocycles. The van der Waals surface area contributed by atoms with Crippen LogP contribution >= 0.6 is 0 Å². The molecule has 4 heteroatoms. The summed E-state index contributed by atoms with van der Waals surface area (Å²) >= 11 is 0. The third-order valence-corrected chi connectivity index (χ3v) is 4.03. The summed E-state index contributed by atoms with van der Waals surface area (Å²) in [7, 11) is 0. The summed E-state index contributed by atoms with van der Waals surface area (Å²) in [5, 5.41) is 13.8. The van der Waals surface area contributed by atoms with Gasteiger partial charge < -0.3 is 19.9 Å². The predicted octanol–water partition coefficient (Wildman–Crippen LogP) is 2.20. The molecular formula is C15H21NO3. The third-order valence-electron chi connectivity index (χ3n) is 4.03. The van der Waals surface area contributed by atoms with Gasteiger partial charge in [0, 0.05) is 18.7 Å². The van der Waals surface area contributed by atoms with Crippen molar-refractivity contribution in [2.45, 2.75) is 44.2 Å². The number of rotatable bonds is 4. The molecule has 2 aliphatic rings. The zero-order valence-electron chi connectivity index (χ0n) is 11.2. The first-order chi connectivity index (χ1) is 9.27. The van der Waals surface area contributed by atoms with E-state index in [1.807, 2.05) is 18.2 Å².